The molecule has 1 aliphatic heterocycles. The van der Waals surface area contributed by atoms with E-state index in [2.05, 4.69) is 20.0 Å². The van der Waals surface area contributed by atoms with Crippen LogP contribution in [0.25, 0.3) is 10.6 Å². The summed E-state index contributed by atoms with van der Waals surface area (Å²) in [5, 5.41) is 6.11. The predicted molar refractivity (Wildman–Crippen MR) is 145 cm³/mol. The van der Waals surface area contributed by atoms with E-state index in [0.29, 0.717) is 17.7 Å². The van der Waals surface area contributed by atoms with Crippen LogP contribution in [-0.2, 0) is 16.0 Å². The fourth-order valence-corrected chi connectivity index (χ4v) is 5.43. The molecule has 12 heteroatoms. The van der Waals surface area contributed by atoms with E-state index in [1.807, 2.05) is 6.92 Å². The number of amides is 3. The predicted octanol–water partition coefficient (Wildman–Crippen LogP) is 5.79. The summed E-state index contributed by atoms with van der Waals surface area (Å²) in [5.74, 6) is -1.42. The Morgan fingerprint density at radius 3 is 2.31 bits per heavy atom. The zero-order valence-electron chi connectivity index (χ0n) is 23.4. The number of nitrogens with zero attached hydrogens (tertiary/aromatic N) is 3. The standard InChI is InChI=1S/C27H36FN5O5S/c1-14-12-18(39-32-14)21-19-15(13-33(23(19)34)25(36)38-27(5,6)7)20(28)22(31-21)29-16-10-8-9-11-17(16)30-24(35)37-26(2,3)4/h12,16-17H,8-11,13H2,1-7H3,(H,29,31)(H,30,35)/t16-,17+/m1/s1. The van der Waals surface area contributed by atoms with Gasteiger partial charge in [-0.3, -0.25) is 4.79 Å². The normalized spacial score (nSPS) is 19.5. The van der Waals surface area contributed by atoms with Gasteiger partial charge in [0.25, 0.3) is 5.91 Å². The van der Waals surface area contributed by atoms with Gasteiger partial charge in [-0.1, -0.05) is 12.8 Å². The first kappa shape index (κ1) is 28.7. The van der Waals surface area contributed by atoms with E-state index in [0.717, 1.165) is 35.0 Å². The number of hydrogen-bond donors (Lipinski definition) is 2. The fourth-order valence-electron chi connectivity index (χ4n) is 4.68. The smallest absolute Gasteiger partial charge is 0.417 e. The number of nitrogens with one attached hydrogen (secondary N) is 2. The van der Waals surface area contributed by atoms with Crippen molar-refractivity contribution in [1.29, 1.82) is 0 Å². The quantitative estimate of drug-likeness (QED) is 0.481. The molecule has 1 fully saturated rings. The van der Waals surface area contributed by atoms with Gasteiger partial charge in [-0.15, -0.1) is 0 Å². The first-order valence-electron chi connectivity index (χ1n) is 13.1. The molecule has 2 aromatic heterocycles. The number of rotatable bonds is 4. The third-order valence-corrected chi connectivity index (χ3v) is 7.16. The van der Waals surface area contributed by atoms with Crippen molar-refractivity contribution >= 4 is 35.4 Å². The van der Waals surface area contributed by atoms with E-state index < -0.39 is 35.1 Å². The number of hydrogen-bond acceptors (Lipinski definition) is 9. The van der Waals surface area contributed by atoms with Gasteiger partial charge >= 0.3 is 12.2 Å². The van der Waals surface area contributed by atoms with Gasteiger partial charge in [-0.05, 0) is 78.9 Å². The lowest BCUT2D eigenvalue weighted by molar-refractivity contribution is 0.0247. The minimum absolute atomic E-state index is 0.0274. The van der Waals surface area contributed by atoms with Crippen LogP contribution in [0.2, 0.25) is 0 Å². The molecule has 212 valence electrons. The zero-order valence-corrected chi connectivity index (χ0v) is 24.3. The van der Waals surface area contributed by atoms with E-state index in [1.54, 1.807) is 47.6 Å². The molecule has 10 nitrogen and oxygen atoms in total. The summed E-state index contributed by atoms with van der Waals surface area (Å²) >= 11 is 1.14. The second-order valence-electron chi connectivity index (χ2n) is 12.0. The molecular formula is C27H36FN5O5S. The average molecular weight is 562 g/mol. The van der Waals surface area contributed by atoms with Gasteiger partial charge in [-0.25, -0.2) is 23.9 Å². The van der Waals surface area contributed by atoms with Crippen LogP contribution < -0.4 is 10.6 Å². The maximum Gasteiger partial charge on any atom is 0.417 e. The third-order valence-electron chi connectivity index (χ3n) is 6.28. The Morgan fingerprint density at radius 1 is 1.08 bits per heavy atom. The monoisotopic (exact) mass is 561 g/mol. The average Bonchev–Trinajstić information content (AvgIpc) is 3.38. The maximum absolute atomic E-state index is 16.0. The number of pyridine rings is 1. The Hall–Kier alpha value is -3.28. The highest BCUT2D eigenvalue weighted by Gasteiger charge is 2.41. The summed E-state index contributed by atoms with van der Waals surface area (Å²) in [5.41, 5.74) is -0.402. The first-order chi connectivity index (χ1) is 18.1. The molecule has 1 aliphatic carbocycles. The highest BCUT2D eigenvalue weighted by Crippen LogP contribution is 2.38. The van der Waals surface area contributed by atoms with Gasteiger partial charge in [0.15, 0.2) is 11.6 Å². The lowest BCUT2D eigenvalue weighted by Crippen LogP contribution is -2.50. The molecular weight excluding hydrogens is 525 g/mol. The molecule has 4 rings (SSSR count). The van der Waals surface area contributed by atoms with Crippen LogP contribution in [0.5, 0.6) is 0 Å². The maximum atomic E-state index is 16.0. The number of imide groups is 1. The Kier molecular flexibility index (Phi) is 7.89. The van der Waals surface area contributed by atoms with E-state index in [9.17, 15) is 14.4 Å². The summed E-state index contributed by atoms with van der Waals surface area (Å²) in [4.78, 5) is 44.7. The van der Waals surface area contributed by atoms with E-state index in [1.165, 1.54) is 0 Å². The molecule has 2 atom stereocenters. The molecule has 0 unspecified atom stereocenters. The van der Waals surface area contributed by atoms with Crippen molar-refractivity contribution in [2.45, 2.75) is 104 Å². The van der Waals surface area contributed by atoms with Crippen LogP contribution in [0.3, 0.4) is 0 Å². The Balaban J connectivity index is 1.68. The molecule has 0 spiro atoms. The van der Waals surface area contributed by atoms with Crippen LogP contribution >= 0.6 is 11.5 Å². The van der Waals surface area contributed by atoms with Gasteiger partial charge in [0.05, 0.1) is 34.4 Å². The number of carbonyl (C=O) groups is 3. The second kappa shape index (κ2) is 10.7. The molecule has 0 aromatic carbocycles. The summed E-state index contributed by atoms with van der Waals surface area (Å²) in [7, 11) is 0. The van der Waals surface area contributed by atoms with Crippen molar-refractivity contribution in [2.75, 3.05) is 5.32 Å². The first-order valence-corrected chi connectivity index (χ1v) is 13.9. The minimum atomic E-state index is -0.849. The lowest BCUT2D eigenvalue weighted by Gasteiger charge is -2.34. The van der Waals surface area contributed by atoms with E-state index >= 15 is 4.39 Å². The van der Waals surface area contributed by atoms with Crippen molar-refractivity contribution in [2.24, 2.45) is 0 Å². The van der Waals surface area contributed by atoms with Crippen LogP contribution in [0.4, 0.5) is 19.8 Å². The number of anilines is 1. The van der Waals surface area contributed by atoms with Crippen LogP contribution in [-0.4, -0.2) is 55.6 Å². The number of alkyl carbamates (subject to hydrolysis) is 1. The zero-order chi connectivity index (χ0) is 28.7. The third kappa shape index (κ3) is 6.66. The van der Waals surface area contributed by atoms with Crippen molar-refractivity contribution in [3.63, 3.8) is 0 Å². The molecule has 2 aromatic rings. The lowest BCUT2D eigenvalue weighted by atomic mass is 9.90. The molecule has 0 bridgehead atoms. The van der Waals surface area contributed by atoms with Crippen molar-refractivity contribution < 1.29 is 28.2 Å². The summed E-state index contributed by atoms with van der Waals surface area (Å²) < 4.78 is 31.1. The highest BCUT2D eigenvalue weighted by molar-refractivity contribution is 7.09. The Bertz CT molecular complexity index is 1280. The van der Waals surface area contributed by atoms with E-state index in [4.69, 9.17) is 9.47 Å². The number of aryl methyl sites for hydroxylation is 1. The molecule has 1 saturated carbocycles. The largest absolute Gasteiger partial charge is 0.444 e. The van der Waals surface area contributed by atoms with Gasteiger partial charge in [0.1, 0.15) is 11.2 Å². The molecule has 0 saturated heterocycles. The Morgan fingerprint density at radius 2 is 1.72 bits per heavy atom. The minimum Gasteiger partial charge on any atom is -0.444 e. The van der Waals surface area contributed by atoms with Gasteiger partial charge in [-0.2, -0.15) is 4.37 Å². The molecule has 0 radical (unpaired) electrons. The van der Waals surface area contributed by atoms with Crippen LogP contribution in [0.1, 0.15) is 88.8 Å². The van der Waals surface area contributed by atoms with Crippen molar-refractivity contribution in [3.05, 3.63) is 28.7 Å². The van der Waals surface area contributed by atoms with E-state index in [-0.39, 0.29) is 41.3 Å². The molecule has 3 amide bonds. The summed E-state index contributed by atoms with van der Waals surface area (Å²) in [6.45, 7) is 12.0. The number of aromatic nitrogens is 2. The number of carbonyl (C=O) groups excluding carboxylic acids is 3. The number of halogens is 1. The van der Waals surface area contributed by atoms with Gasteiger partial charge < -0.3 is 20.1 Å². The number of ether oxygens (including phenoxy) is 2. The van der Waals surface area contributed by atoms with Crippen LogP contribution in [0, 0.1) is 12.7 Å². The fraction of sp³-hybridized carbons (Fsp3) is 0.593. The molecule has 2 aliphatic rings. The summed E-state index contributed by atoms with van der Waals surface area (Å²) in [6, 6.07) is 1.14. The van der Waals surface area contributed by atoms with Gasteiger partial charge in [0.2, 0.25) is 0 Å². The van der Waals surface area contributed by atoms with Gasteiger partial charge in [0, 0.05) is 11.6 Å². The molecule has 2 N–H and O–H groups in total. The van der Waals surface area contributed by atoms with Crippen molar-refractivity contribution in [3.8, 4) is 10.6 Å². The summed E-state index contributed by atoms with van der Waals surface area (Å²) in [6.07, 6.45) is 1.78. The van der Waals surface area contributed by atoms with Crippen molar-refractivity contribution in [1.82, 2.24) is 19.6 Å². The SMILES string of the molecule is Cc1cc(-c2nc(N[C@@H]3CCCC[C@@H]3NC(=O)OC(C)(C)C)c(F)c3c2C(=O)N(C(=O)OC(C)(C)C)C3)sn1. The van der Waals surface area contributed by atoms with Crippen LogP contribution in [0.15, 0.2) is 6.07 Å². The molecule has 3 heterocycles. The molecule has 39 heavy (non-hydrogen) atoms. The number of fused-ring (bicyclic) bond motifs is 1. The topological polar surface area (TPSA) is 123 Å². The Labute approximate surface area is 231 Å². The second-order valence-corrected chi connectivity index (χ2v) is 12.8. The highest BCUT2D eigenvalue weighted by atomic mass is 32.1.